The Morgan fingerprint density at radius 1 is 0.806 bits per heavy atom. The molecule has 1 N–H and O–H groups in total. The number of aromatic amines is 1. The van der Waals surface area contributed by atoms with Crippen molar-refractivity contribution in [1.82, 2.24) is 19.1 Å². The number of nitrogens with one attached hydrogen (secondary N) is 1. The number of hydrogen-bond acceptors (Lipinski definition) is 4. The quantitative estimate of drug-likeness (QED) is 0.236. The van der Waals surface area contributed by atoms with Crippen molar-refractivity contribution in [2.75, 3.05) is 5.75 Å². The number of H-pyrrole nitrogens is 1. The Labute approximate surface area is 191 Å². The Balaban J connectivity index is 1.93. The van der Waals surface area contributed by atoms with E-state index in [1.54, 1.807) is 18.8 Å². The highest BCUT2D eigenvalue weighted by Gasteiger charge is 2.17. The summed E-state index contributed by atoms with van der Waals surface area (Å²) in [4.78, 5) is 31.7. The minimum Gasteiger partial charge on any atom is -0.313 e. The van der Waals surface area contributed by atoms with Gasteiger partial charge in [-0.05, 0) is 12.8 Å². The molecule has 0 bridgehead atoms. The predicted octanol–water partition coefficient (Wildman–Crippen LogP) is 6.02. The molecule has 0 saturated heterocycles. The van der Waals surface area contributed by atoms with Crippen LogP contribution in [0.1, 0.15) is 104 Å². The highest BCUT2D eigenvalue weighted by atomic mass is 32.2. The number of aryl methyl sites for hydroxylation is 2. The predicted molar refractivity (Wildman–Crippen MR) is 132 cm³/mol. The van der Waals surface area contributed by atoms with Gasteiger partial charge in [0.1, 0.15) is 0 Å². The van der Waals surface area contributed by atoms with E-state index in [0.29, 0.717) is 11.2 Å². The van der Waals surface area contributed by atoms with Crippen LogP contribution in [0.25, 0.3) is 11.2 Å². The summed E-state index contributed by atoms with van der Waals surface area (Å²) in [5, 5.41) is 0.870. The molecule has 7 heteroatoms. The fourth-order valence-electron chi connectivity index (χ4n) is 3.98. The van der Waals surface area contributed by atoms with Crippen LogP contribution in [0.4, 0.5) is 0 Å². The first-order valence-electron chi connectivity index (χ1n) is 12.4. The summed E-state index contributed by atoms with van der Waals surface area (Å²) < 4.78 is 3.50. The molecule has 0 saturated carbocycles. The number of nitrogens with zero attached hydrogens (tertiary/aromatic N) is 3. The average Bonchev–Trinajstić information content (AvgIpc) is 3.12. The number of aromatic nitrogens is 4. The van der Waals surface area contributed by atoms with E-state index in [-0.39, 0.29) is 5.56 Å². The van der Waals surface area contributed by atoms with Gasteiger partial charge in [-0.1, -0.05) is 103 Å². The second-order valence-corrected chi connectivity index (χ2v) is 9.69. The number of rotatable bonds is 17. The molecule has 31 heavy (non-hydrogen) atoms. The Morgan fingerprint density at radius 3 is 1.97 bits per heavy atom. The molecule has 6 nitrogen and oxygen atoms in total. The van der Waals surface area contributed by atoms with Gasteiger partial charge in [0.2, 0.25) is 0 Å². The lowest BCUT2D eigenvalue weighted by molar-refractivity contribution is 0.527. The van der Waals surface area contributed by atoms with E-state index in [0.717, 1.165) is 30.3 Å². The fourth-order valence-corrected chi connectivity index (χ4v) is 5.00. The fraction of sp³-hybridized carbons (Fsp3) is 0.792. The van der Waals surface area contributed by atoms with E-state index in [1.807, 2.05) is 4.57 Å². The average molecular weight is 451 g/mol. The lowest BCUT2D eigenvalue weighted by atomic mass is 10.1. The first kappa shape index (κ1) is 25.8. The molecular weight excluding hydrogens is 408 g/mol. The summed E-state index contributed by atoms with van der Waals surface area (Å²) >= 11 is 1.71. The van der Waals surface area contributed by atoms with Gasteiger partial charge in [0, 0.05) is 19.3 Å². The largest absolute Gasteiger partial charge is 0.329 e. The standard InChI is InChI=1S/C24H42N4O2S/c1-4-6-8-10-11-12-13-14-15-16-18-28-20-21(27(3)23(30)26-22(20)29)25-24(28)31-19-17-9-7-5-2/h4-19H2,1-3H3,(H,26,29,30). The summed E-state index contributed by atoms with van der Waals surface area (Å²) in [5.74, 6) is 0.993. The number of fused-ring (bicyclic) bond motifs is 1. The van der Waals surface area contributed by atoms with E-state index in [1.165, 1.54) is 81.6 Å². The number of unbranched alkanes of at least 4 members (excludes halogenated alkanes) is 12. The molecule has 0 atom stereocenters. The number of hydrogen-bond donors (Lipinski definition) is 1. The van der Waals surface area contributed by atoms with Crippen LogP contribution >= 0.6 is 11.8 Å². The van der Waals surface area contributed by atoms with Crippen molar-refractivity contribution in [3.05, 3.63) is 20.8 Å². The molecule has 0 aliphatic heterocycles. The van der Waals surface area contributed by atoms with Crippen molar-refractivity contribution in [2.45, 2.75) is 115 Å². The molecule has 176 valence electrons. The molecule has 0 aliphatic carbocycles. The van der Waals surface area contributed by atoms with Crippen LogP contribution in [-0.2, 0) is 13.6 Å². The maximum absolute atomic E-state index is 12.5. The molecule has 0 aromatic carbocycles. The highest BCUT2D eigenvalue weighted by Crippen LogP contribution is 2.24. The molecule has 2 heterocycles. The van der Waals surface area contributed by atoms with Gasteiger partial charge in [-0.3, -0.25) is 14.3 Å². The van der Waals surface area contributed by atoms with Crippen molar-refractivity contribution in [2.24, 2.45) is 7.05 Å². The van der Waals surface area contributed by atoms with Gasteiger partial charge in [0.05, 0.1) is 0 Å². The second-order valence-electron chi connectivity index (χ2n) is 8.63. The van der Waals surface area contributed by atoms with Crippen molar-refractivity contribution < 1.29 is 0 Å². The molecule has 2 aromatic heterocycles. The van der Waals surface area contributed by atoms with Gasteiger partial charge >= 0.3 is 5.69 Å². The summed E-state index contributed by atoms with van der Waals surface area (Å²) in [6.45, 7) is 5.25. The molecular formula is C24H42N4O2S. The van der Waals surface area contributed by atoms with Gasteiger partial charge in [-0.25, -0.2) is 9.78 Å². The molecule has 2 aromatic rings. The lowest BCUT2D eigenvalue weighted by Crippen LogP contribution is -2.29. The number of thioether (sulfide) groups is 1. The molecule has 0 fully saturated rings. The maximum Gasteiger partial charge on any atom is 0.329 e. The van der Waals surface area contributed by atoms with Crippen LogP contribution in [0.5, 0.6) is 0 Å². The minimum atomic E-state index is -0.402. The zero-order valence-corrected chi connectivity index (χ0v) is 20.7. The normalized spacial score (nSPS) is 11.6. The van der Waals surface area contributed by atoms with Crippen LogP contribution in [0, 0.1) is 0 Å². The third kappa shape index (κ3) is 8.17. The van der Waals surface area contributed by atoms with E-state index >= 15 is 0 Å². The summed E-state index contributed by atoms with van der Waals surface area (Å²) in [6, 6.07) is 0. The Bertz CT molecular complexity index is 884. The van der Waals surface area contributed by atoms with Crippen LogP contribution in [0.2, 0.25) is 0 Å². The molecule has 0 spiro atoms. The first-order chi connectivity index (χ1) is 15.1. The van der Waals surface area contributed by atoms with E-state index in [4.69, 9.17) is 0 Å². The van der Waals surface area contributed by atoms with Gasteiger partial charge < -0.3 is 4.57 Å². The van der Waals surface area contributed by atoms with Crippen LogP contribution in [0.15, 0.2) is 14.7 Å². The van der Waals surface area contributed by atoms with Crippen molar-refractivity contribution in [3.8, 4) is 0 Å². The van der Waals surface area contributed by atoms with Gasteiger partial charge in [0.25, 0.3) is 5.56 Å². The van der Waals surface area contributed by atoms with Crippen LogP contribution < -0.4 is 11.2 Å². The summed E-state index contributed by atoms with van der Waals surface area (Å²) in [5.41, 5.74) is 0.307. The van der Waals surface area contributed by atoms with Gasteiger partial charge in [-0.15, -0.1) is 0 Å². The topological polar surface area (TPSA) is 72.7 Å². The summed E-state index contributed by atoms with van der Waals surface area (Å²) in [7, 11) is 1.67. The third-order valence-electron chi connectivity index (χ3n) is 5.94. The van der Waals surface area contributed by atoms with E-state index in [9.17, 15) is 9.59 Å². The van der Waals surface area contributed by atoms with E-state index < -0.39 is 5.69 Å². The smallest absolute Gasteiger partial charge is 0.313 e. The SMILES string of the molecule is CCCCCCCCCCCCn1c(SCCCCCC)nc2c1c(=O)[nH]c(=O)n2C. The molecule has 2 rings (SSSR count). The maximum atomic E-state index is 12.5. The van der Waals surface area contributed by atoms with Gasteiger partial charge in [0.15, 0.2) is 16.3 Å². The first-order valence-corrected chi connectivity index (χ1v) is 13.4. The van der Waals surface area contributed by atoms with Crippen molar-refractivity contribution in [1.29, 1.82) is 0 Å². The van der Waals surface area contributed by atoms with Crippen LogP contribution in [-0.4, -0.2) is 24.9 Å². The Hall–Kier alpha value is -1.50. The molecule has 0 amide bonds. The van der Waals surface area contributed by atoms with Crippen LogP contribution in [0.3, 0.4) is 0 Å². The third-order valence-corrected chi connectivity index (χ3v) is 7.00. The zero-order chi connectivity index (χ0) is 22.5. The Morgan fingerprint density at radius 2 is 1.35 bits per heavy atom. The highest BCUT2D eigenvalue weighted by molar-refractivity contribution is 7.99. The molecule has 0 aliphatic rings. The molecule has 0 unspecified atom stereocenters. The second kappa shape index (κ2) is 14.5. The number of imidazole rings is 1. The lowest BCUT2D eigenvalue weighted by Gasteiger charge is -2.09. The minimum absolute atomic E-state index is 0.324. The van der Waals surface area contributed by atoms with Crippen molar-refractivity contribution in [3.63, 3.8) is 0 Å². The van der Waals surface area contributed by atoms with Gasteiger partial charge in [-0.2, -0.15) is 0 Å². The monoisotopic (exact) mass is 450 g/mol. The Kier molecular flexibility index (Phi) is 12.1. The zero-order valence-electron chi connectivity index (χ0n) is 19.9. The molecule has 0 radical (unpaired) electrons. The van der Waals surface area contributed by atoms with E-state index in [2.05, 4.69) is 23.8 Å². The van der Waals surface area contributed by atoms with Crippen molar-refractivity contribution >= 4 is 22.9 Å². The summed E-state index contributed by atoms with van der Waals surface area (Å²) in [6.07, 6.45) is 17.7.